The maximum atomic E-state index is 12.8. The van der Waals surface area contributed by atoms with Gasteiger partial charge in [0, 0.05) is 5.92 Å². The molecule has 1 N–H and O–H groups in total. The summed E-state index contributed by atoms with van der Waals surface area (Å²) in [7, 11) is 0. The maximum absolute atomic E-state index is 12.8. The highest BCUT2D eigenvalue weighted by Crippen LogP contribution is 2.63. The van der Waals surface area contributed by atoms with Gasteiger partial charge in [0.15, 0.2) is 0 Å². The maximum Gasteiger partial charge on any atom is 0.100 e. The minimum Gasteiger partial charge on any atom is -0.513 e. The molecule has 2 aliphatic carbocycles. The van der Waals surface area contributed by atoms with E-state index in [9.17, 15) is 9.50 Å². The molecule has 1 atom stereocenters. The predicted octanol–water partition coefficient (Wildman–Crippen LogP) is 2.98. The van der Waals surface area contributed by atoms with Crippen LogP contribution in [0.15, 0.2) is 12.3 Å². The molecule has 2 heteroatoms. The number of hydrogen-bond donors (Lipinski definition) is 1. The van der Waals surface area contributed by atoms with Gasteiger partial charge >= 0.3 is 0 Å². The Labute approximate surface area is 72.3 Å². The molecule has 2 rings (SSSR count). The number of aliphatic hydroxyl groups is 1. The Morgan fingerprint density at radius 1 is 1.42 bits per heavy atom. The smallest absolute Gasteiger partial charge is 0.100 e. The van der Waals surface area contributed by atoms with Crippen molar-refractivity contribution in [2.24, 2.45) is 11.3 Å². The third-order valence-electron chi connectivity index (χ3n) is 3.50. The van der Waals surface area contributed by atoms with Gasteiger partial charge in [-0.25, -0.2) is 4.39 Å². The molecule has 0 aromatic carbocycles. The fourth-order valence-corrected chi connectivity index (χ4v) is 2.53. The third kappa shape index (κ3) is 1.13. The molecule has 0 amide bonds. The Kier molecular flexibility index (Phi) is 1.67. The Morgan fingerprint density at radius 2 is 2.00 bits per heavy atom. The lowest BCUT2D eigenvalue weighted by Crippen LogP contribution is -2.17. The topological polar surface area (TPSA) is 20.2 Å². The van der Waals surface area contributed by atoms with Crippen LogP contribution in [0.2, 0.25) is 0 Å². The molecule has 0 heterocycles. The Balaban J connectivity index is 1.95. The number of aliphatic hydroxyl groups excluding tert-OH is 1. The van der Waals surface area contributed by atoms with Crippen molar-refractivity contribution in [3.63, 3.8) is 0 Å². The summed E-state index contributed by atoms with van der Waals surface area (Å²) >= 11 is 0. The van der Waals surface area contributed by atoms with E-state index in [1.54, 1.807) is 0 Å². The van der Waals surface area contributed by atoms with Crippen LogP contribution >= 0.6 is 0 Å². The molecular formula is C10H15FO. The van der Waals surface area contributed by atoms with E-state index in [-0.39, 0.29) is 11.3 Å². The minimum absolute atomic E-state index is 0.258. The molecule has 0 saturated heterocycles. The first-order valence-electron chi connectivity index (χ1n) is 4.66. The van der Waals surface area contributed by atoms with Gasteiger partial charge in [0.05, 0.1) is 5.76 Å². The van der Waals surface area contributed by atoms with Gasteiger partial charge in [-0.05, 0) is 37.5 Å². The normalized spacial score (nSPS) is 46.1. The summed E-state index contributed by atoms with van der Waals surface area (Å²) in [6, 6.07) is 0. The van der Waals surface area contributed by atoms with Crippen molar-refractivity contribution >= 4 is 0 Å². The number of halogens is 1. The molecule has 1 nitrogen and oxygen atoms in total. The minimum atomic E-state index is -0.594. The van der Waals surface area contributed by atoms with Crippen LogP contribution < -0.4 is 0 Å². The first-order valence-corrected chi connectivity index (χ1v) is 4.66. The summed E-state index contributed by atoms with van der Waals surface area (Å²) in [4.78, 5) is 0. The first-order chi connectivity index (χ1) is 5.64. The first kappa shape index (κ1) is 8.09. The van der Waals surface area contributed by atoms with Crippen LogP contribution in [0.4, 0.5) is 4.39 Å². The van der Waals surface area contributed by atoms with Crippen LogP contribution in [0.3, 0.4) is 0 Å². The van der Waals surface area contributed by atoms with Gasteiger partial charge in [0.25, 0.3) is 0 Å². The number of alkyl halides is 1. The van der Waals surface area contributed by atoms with Crippen molar-refractivity contribution in [3.8, 4) is 0 Å². The summed E-state index contributed by atoms with van der Waals surface area (Å²) < 4.78 is 12.8. The highest BCUT2D eigenvalue weighted by Gasteiger charge is 2.56. The van der Waals surface area contributed by atoms with E-state index in [4.69, 9.17) is 0 Å². The monoisotopic (exact) mass is 170 g/mol. The molecule has 68 valence electrons. The zero-order valence-corrected chi connectivity index (χ0v) is 7.22. The molecule has 2 saturated carbocycles. The molecule has 2 aliphatic rings. The second kappa shape index (κ2) is 2.48. The lowest BCUT2D eigenvalue weighted by Gasteiger charge is -2.24. The lowest BCUT2D eigenvalue weighted by atomic mass is 9.83. The second-order valence-corrected chi connectivity index (χ2v) is 4.29. The fraction of sp³-hybridized carbons (Fsp3) is 0.800. The predicted molar refractivity (Wildman–Crippen MR) is 45.7 cm³/mol. The standard InChI is InChI=1S/C10H15FO/c1-7(12)9-6-10(9)4-2-8(11)3-5-10/h8-9,12H,1-6H2. The van der Waals surface area contributed by atoms with Crippen molar-refractivity contribution in [1.82, 2.24) is 0 Å². The molecule has 0 aliphatic heterocycles. The molecule has 1 unspecified atom stereocenters. The molecule has 12 heavy (non-hydrogen) atoms. The zero-order valence-electron chi connectivity index (χ0n) is 7.22. The number of rotatable bonds is 1. The Morgan fingerprint density at radius 3 is 2.42 bits per heavy atom. The quantitative estimate of drug-likeness (QED) is 0.600. The summed E-state index contributed by atoms with van der Waals surface area (Å²) in [6.45, 7) is 3.55. The van der Waals surface area contributed by atoms with E-state index in [0.717, 1.165) is 19.3 Å². The zero-order chi connectivity index (χ0) is 8.77. The van der Waals surface area contributed by atoms with E-state index >= 15 is 0 Å². The van der Waals surface area contributed by atoms with Crippen LogP contribution in [-0.2, 0) is 0 Å². The van der Waals surface area contributed by atoms with Crippen LogP contribution in [0.5, 0.6) is 0 Å². The molecule has 0 aromatic heterocycles. The SMILES string of the molecule is C=C(O)C1CC12CCC(F)CC2. The van der Waals surface area contributed by atoms with Crippen molar-refractivity contribution in [1.29, 1.82) is 0 Å². The number of allylic oxidation sites excluding steroid dienone is 1. The highest BCUT2D eigenvalue weighted by molar-refractivity contribution is 5.14. The van der Waals surface area contributed by atoms with Gasteiger partial charge in [0.2, 0.25) is 0 Å². The average molecular weight is 170 g/mol. The Bertz CT molecular complexity index is 204. The van der Waals surface area contributed by atoms with Gasteiger partial charge in [-0.1, -0.05) is 6.58 Å². The van der Waals surface area contributed by atoms with Crippen molar-refractivity contribution in [3.05, 3.63) is 12.3 Å². The summed E-state index contributed by atoms with van der Waals surface area (Å²) in [5.41, 5.74) is 0.258. The third-order valence-corrected chi connectivity index (χ3v) is 3.50. The molecule has 1 spiro atoms. The van der Waals surface area contributed by atoms with Gasteiger partial charge in [-0.3, -0.25) is 0 Å². The van der Waals surface area contributed by atoms with Gasteiger partial charge in [-0.15, -0.1) is 0 Å². The molecule has 0 bridgehead atoms. The van der Waals surface area contributed by atoms with Crippen molar-refractivity contribution in [2.45, 2.75) is 38.3 Å². The van der Waals surface area contributed by atoms with E-state index in [0.29, 0.717) is 18.6 Å². The average Bonchev–Trinajstić information content (AvgIpc) is 2.72. The van der Waals surface area contributed by atoms with Gasteiger partial charge in [-0.2, -0.15) is 0 Å². The lowest BCUT2D eigenvalue weighted by molar-refractivity contribution is 0.181. The fourth-order valence-electron chi connectivity index (χ4n) is 2.53. The molecule has 0 radical (unpaired) electrons. The van der Waals surface area contributed by atoms with Crippen LogP contribution in [0.1, 0.15) is 32.1 Å². The van der Waals surface area contributed by atoms with Crippen molar-refractivity contribution in [2.75, 3.05) is 0 Å². The Hall–Kier alpha value is -0.530. The van der Waals surface area contributed by atoms with Crippen LogP contribution in [0, 0.1) is 11.3 Å². The van der Waals surface area contributed by atoms with E-state index < -0.39 is 6.17 Å². The van der Waals surface area contributed by atoms with Gasteiger partial charge < -0.3 is 5.11 Å². The summed E-state index contributed by atoms with van der Waals surface area (Å²) in [5.74, 6) is 0.595. The summed E-state index contributed by atoms with van der Waals surface area (Å²) in [5, 5.41) is 9.19. The molecular weight excluding hydrogens is 155 g/mol. The van der Waals surface area contributed by atoms with E-state index in [1.165, 1.54) is 0 Å². The summed E-state index contributed by atoms with van der Waals surface area (Å²) in [6.07, 6.45) is 3.70. The van der Waals surface area contributed by atoms with Crippen LogP contribution in [-0.4, -0.2) is 11.3 Å². The van der Waals surface area contributed by atoms with Crippen molar-refractivity contribution < 1.29 is 9.50 Å². The van der Waals surface area contributed by atoms with Crippen LogP contribution in [0.25, 0.3) is 0 Å². The van der Waals surface area contributed by atoms with E-state index in [2.05, 4.69) is 6.58 Å². The van der Waals surface area contributed by atoms with E-state index in [1.807, 2.05) is 0 Å². The highest BCUT2D eigenvalue weighted by atomic mass is 19.1. The van der Waals surface area contributed by atoms with Gasteiger partial charge in [0.1, 0.15) is 6.17 Å². The molecule has 2 fully saturated rings. The molecule has 0 aromatic rings. The largest absolute Gasteiger partial charge is 0.513 e. The number of hydrogen-bond acceptors (Lipinski definition) is 1. The second-order valence-electron chi connectivity index (χ2n) is 4.29.